The summed E-state index contributed by atoms with van der Waals surface area (Å²) in [7, 11) is 0. The summed E-state index contributed by atoms with van der Waals surface area (Å²) in [5.41, 5.74) is 0.0548. The van der Waals surface area contributed by atoms with Crippen molar-refractivity contribution in [3.63, 3.8) is 0 Å². The van der Waals surface area contributed by atoms with E-state index in [1.54, 1.807) is 11.8 Å². The molecule has 0 saturated heterocycles. The van der Waals surface area contributed by atoms with Gasteiger partial charge in [0.15, 0.2) is 0 Å². The number of thioether (sulfide) groups is 1. The van der Waals surface area contributed by atoms with Crippen molar-refractivity contribution in [2.45, 2.75) is 26.7 Å². The molecule has 1 heterocycles. The van der Waals surface area contributed by atoms with E-state index >= 15 is 0 Å². The Morgan fingerprint density at radius 3 is 2.44 bits per heavy atom. The largest absolute Gasteiger partial charge is 0.492 e. The van der Waals surface area contributed by atoms with E-state index in [9.17, 15) is 15.0 Å². The van der Waals surface area contributed by atoms with Crippen LogP contribution in [0.2, 0.25) is 0 Å². The minimum absolute atomic E-state index is 0.0548. The highest BCUT2D eigenvalue weighted by molar-refractivity contribution is 7.98. The lowest BCUT2D eigenvalue weighted by molar-refractivity contribution is -0.146. The zero-order valence-electron chi connectivity index (χ0n) is 10.8. The highest BCUT2D eigenvalue weighted by Gasteiger charge is 2.20. The van der Waals surface area contributed by atoms with Gasteiger partial charge in [-0.25, -0.2) is 4.79 Å². The molecule has 0 unspecified atom stereocenters. The Hall–Kier alpha value is -1.30. The lowest BCUT2D eigenvalue weighted by Crippen LogP contribution is -2.22. The molecule has 0 aromatic carbocycles. The number of nitrogens with zero attached hydrogens (tertiary/aromatic N) is 1. The van der Waals surface area contributed by atoms with Crippen LogP contribution in [0.1, 0.15) is 26.7 Å². The monoisotopic (exact) mass is 273 g/mol. The third-order valence-electron chi connectivity index (χ3n) is 2.53. The normalized spacial score (nSPS) is 11.5. The molecule has 0 fully saturated rings. The van der Waals surface area contributed by atoms with E-state index in [1.165, 1.54) is 12.1 Å². The lowest BCUT2D eigenvalue weighted by Gasteiger charge is -2.22. The predicted octanol–water partition coefficient (Wildman–Crippen LogP) is 2.02. The molecule has 0 aliphatic rings. The number of hydrogen-bond donors (Lipinski definition) is 2. The number of aromatic nitrogens is 1. The van der Waals surface area contributed by atoms with Crippen molar-refractivity contribution in [1.29, 1.82) is 0 Å². The van der Waals surface area contributed by atoms with Crippen LogP contribution in [0, 0.1) is 5.41 Å². The number of carbonyl (C=O) groups excluding carboxylic acids is 1. The average Bonchev–Trinajstić information content (AvgIpc) is 2.58. The number of carbonyl (C=O) groups is 1. The zero-order valence-corrected chi connectivity index (χ0v) is 11.7. The Bertz CT molecular complexity index is 395. The number of rotatable bonds is 6. The summed E-state index contributed by atoms with van der Waals surface area (Å²) in [6.07, 6.45) is 2.95. The van der Waals surface area contributed by atoms with Gasteiger partial charge >= 0.3 is 5.97 Å². The molecule has 0 aliphatic heterocycles. The first-order valence-electron chi connectivity index (χ1n) is 5.65. The standard InChI is InChI=1S/C12H19NO4S/c1-12(2,8-18-3)7-6-11(16)17-13-9(14)4-5-10(13)15/h4-5,14-15H,6-8H2,1-3H3. The van der Waals surface area contributed by atoms with Gasteiger partial charge in [-0.3, -0.25) is 0 Å². The molecule has 102 valence electrons. The molecule has 6 heteroatoms. The first kappa shape index (κ1) is 14.8. The molecule has 0 bridgehead atoms. The Balaban J connectivity index is 2.48. The SMILES string of the molecule is CSCC(C)(C)CCC(=O)On1c(O)ccc1O. The van der Waals surface area contributed by atoms with Gasteiger partial charge in [0.25, 0.3) is 0 Å². The lowest BCUT2D eigenvalue weighted by atomic mass is 9.90. The van der Waals surface area contributed by atoms with Crippen LogP contribution in [0.3, 0.4) is 0 Å². The Kier molecular flexibility index (Phi) is 4.95. The second kappa shape index (κ2) is 6.04. The van der Waals surface area contributed by atoms with Crippen LogP contribution < -0.4 is 4.84 Å². The fraction of sp³-hybridized carbons (Fsp3) is 0.583. The summed E-state index contributed by atoms with van der Waals surface area (Å²) in [5.74, 6) is -0.125. The maximum atomic E-state index is 11.6. The molecule has 1 aromatic rings. The van der Waals surface area contributed by atoms with E-state index < -0.39 is 5.97 Å². The van der Waals surface area contributed by atoms with Gasteiger partial charge in [0, 0.05) is 18.6 Å². The first-order chi connectivity index (χ1) is 8.35. The Morgan fingerprint density at radius 2 is 1.94 bits per heavy atom. The van der Waals surface area contributed by atoms with E-state index in [1.807, 2.05) is 6.26 Å². The second-order valence-electron chi connectivity index (χ2n) is 4.90. The molecular weight excluding hydrogens is 254 g/mol. The highest BCUT2D eigenvalue weighted by atomic mass is 32.2. The number of aromatic hydroxyl groups is 2. The third kappa shape index (κ3) is 4.18. The molecular formula is C12H19NO4S. The molecule has 18 heavy (non-hydrogen) atoms. The van der Waals surface area contributed by atoms with E-state index in [2.05, 4.69) is 13.8 Å². The van der Waals surface area contributed by atoms with Gasteiger partial charge in [0.1, 0.15) is 0 Å². The molecule has 0 radical (unpaired) electrons. The van der Waals surface area contributed by atoms with Crippen LogP contribution in [0.4, 0.5) is 0 Å². The fourth-order valence-corrected chi connectivity index (χ4v) is 2.47. The molecule has 5 nitrogen and oxygen atoms in total. The molecule has 1 aromatic heterocycles. The molecule has 0 atom stereocenters. The van der Waals surface area contributed by atoms with Crippen molar-refractivity contribution < 1.29 is 19.8 Å². The van der Waals surface area contributed by atoms with Crippen molar-refractivity contribution in [2.75, 3.05) is 12.0 Å². The molecule has 0 saturated carbocycles. The van der Waals surface area contributed by atoms with Crippen LogP contribution in [-0.4, -0.2) is 32.9 Å². The van der Waals surface area contributed by atoms with E-state index in [-0.39, 0.29) is 23.6 Å². The van der Waals surface area contributed by atoms with Crippen molar-refractivity contribution in [3.8, 4) is 11.8 Å². The predicted molar refractivity (Wildman–Crippen MR) is 70.7 cm³/mol. The van der Waals surface area contributed by atoms with Gasteiger partial charge in [-0.2, -0.15) is 11.8 Å². The van der Waals surface area contributed by atoms with E-state index in [0.29, 0.717) is 11.2 Å². The third-order valence-corrected chi connectivity index (χ3v) is 3.60. The minimum atomic E-state index is -0.481. The van der Waals surface area contributed by atoms with Crippen molar-refractivity contribution in [3.05, 3.63) is 12.1 Å². The van der Waals surface area contributed by atoms with E-state index in [4.69, 9.17) is 4.84 Å². The van der Waals surface area contributed by atoms with Crippen molar-refractivity contribution >= 4 is 17.7 Å². The number of hydrogen-bond acceptors (Lipinski definition) is 5. The summed E-state index contributed by atoms with van der Waals surface area (Å²) >= 11 is 1.73. The van der Waals surface area contributed by atoms with Crippen LogP contribution in [0.15, 0.2) is 12.1 Å². The molecule has 0 spiro atoms. The maximum Gasteiger partial charge on any atom is 0.333 e. The summed E-state index contributed by atoms with van der Waals surface area (Å²) in [6, 6.07) is 2.50. The van der Waals surface area contributed by atoms with Crippen LogP contribution >= 0.6 is 11.8 Å². The van der Waals surface area contributed by atoms with Gasteiger partial charge < -0.3 is 15.1 Å². The zero-order chi connectivity index (χ0) is 13.8. The Morgan fingerprint density at radius 1 is 1.39 bits per heavy atom. The summed E-state index contributed by atoms with van der Waals surface area (Å²) < 4.78 is 0.712. The topological polar surface area (TPSA) is 71.7 Å². The van der Waals surface area contributed by atoms with Gasteiger partial charge in [-0.1, -0.05) is 13.8 Å². The minimum Gasteiger partial charge on any atom is -0.492 e. The molecule has 0 aliphatic carbocycles. The first-order valence-corrected chi connectivity index (χ1v) is 7.05. The van der Waals surface area contributed by atoms with Gasteiger partial charge in [-0.15, -0.1) is 4.73 Å². The quantitative estimate of drug-likeness (QED) is 0.829. The van der Waals surface area contributed by atoms with Crippen molar-refractivity contribution in [1.82, 2.24) is 4.73 Å². The van der Waals surface area contributed by atoms with Gasteiger partial charge in [-0.05, 0) is 23.8 Å². The average molecular weight is 273 g/mol. The molecule has 0 amide bonds. The second-order valence-corrected chi connectivity index (χ2v) is 5.77. The van der Waals surface area contributed by atoms with Crippen molar-refractivity contribution in [2.24, 2.45) is 5.41 Å². The molecule has 2 N–H and O–H groups in total. The summed E-state index contributed by atoms with van der Waals surface area (Å²) in [5, 5.41) is 18.6. The Labute approximate surface area is 111 Å². The molecule has 1 rings (SSSR count). The van der Waals surface area contributed by atoms with Gasteiger partial charge in [0.2, 0.25) is 11.8 Å². The van der Waals surface area contributed by atoms with Crippen LogP contribution in [0.25, 0.3) is 0 Å². The maximum absolute atomic E-state index is 11.6. The highest BCUT2D eigenvalue weighted by Crippen LogP contribution is 2.26. The smallest absolute Gasteiger partial charge is 0.333 e. The fourth-order valence-electron chi connectivity index (χ4n) is 1.55. The summed E-state index contributed by atoms with van der Waals surface area (Å²) in [6.45, 7) is 4.17. The van der Waals surface area contributed by atoms with Crippen LogP contribution in [0.5, 0.6) is 11.8 Å². The van der Waals surface area contributed by atoms with Crippen LogP contribution in [-0.2, 0) is 4.79 Å². The van der Waals surface area contributed by atoms with E-state index in [0.717, 1.165) is 5.75 Å². The van der Waals surface area contributed by atoms with Gasteiger partial charge in [0.05, 0.1) is 0 Å². The summed E-state index contributed by atoms with van der Waals surface area (Å²) in [4.78, 5) is 16.5.